The minimum atomic E-state index is -3.55. The van der Waals surface area contributed by atoms with Gasteiger partial charge in [0, 0.05) is 13.2 Å². The second-order valence-corrected chi connectivity index (χ2v) is 13.4. The Morgan fingerprint density at radius 3 is 2.54 bits per heavy atom. The number of sulfone groups is 1. The summed E-state index contributed by atoms with van der Waals surface area (Å²) in [6.07, 6.45) is 9.91. The number of piperidine rings is 1. The predicted molar refractivity (Wildman–Crippen MR) is 151 cm³/mol. The number of rotatable bonds is 9. The predicted octanol–water partition coefficient (Wildman–Crippen LogP) is 4.99. The van der Waals surface area contributed by atoms with Gasteiger partial charge in [-0.3, -0.25) is 4.68 Å². The van der Waals surface area contributed by atoms with Gasteiger partial charge in [-0.1, -0.05) is 18.0 Å². The monoisotopic (exact) mass is 571 g/mol. The molecule has 0 unspecified atom stereocenters. The van der Waals surface area contributed by atoms with Gasteiger partial charge in [-0.2, -0.15) is 10.1 Å². The van der Waals surface area contributed by atoms with Crippen LogP contribution in [0.25, 0.3) is 0 Å². The molecule has 12 heteroatoms. The van der Waals surface area contributed by atoms with Crippen molar-refractivity contribution in [2.75, 3.05) is 23.7 Å². The Bertz CT molecular complexity index is 1480. The van der Waals surface area contributed by atoms with E-state index in [1.54, 1.807) is 13.2 Å². The first-order chi connectivity index (χ1) is 18.8. The topological polar surface area (TPSA) is 123 Å². The summed E-state index contributed by atoms with van der Waals surface area (Å²) in [7, 11) is -1.86. The molecule has 3 fully saturated rings. The maximum Gasteiger partial charge on any atom is 0.229 e. The van der Waals surface area contributed by atoms with Crippen molar-refractivity contribution >= 4 is 44.6 Å². The molecule has 0 radical (unpaired) electrons. The van der Waals surface area contributed by atoms with Crippen LogP contribution in [0, 0.1) is 6.92 Å². The van der Waals surface area contributed by atoms with Crippen LogP contribution in [0.4, 0.5) is 23.1 Å². The van der Waals surface area contributed by atoms with E-state index in [9.17, 15) is 8.42 Å². The van der Waals surface area contributed by atoms with Gasteiger partial charge in [0.25, 0.3) is 0 Å². The molecule has 0 spiro atoms. The normalized spacial score (nSPS) is 18.5. The number of hydrogen-bond acceptors (Lipinski definition) is 9. The SMILES string of the molecule is Cc1cc(Nc2ncc(Cl)c(Nc3cn(C)nc3S(=O)(=O)C3CCC3)n2)c(OC2CC2)cc1C1CCNCC1. The van der Waals surface area contributed by atoms with Crippen LogP contribution in [0.2, 0.25) is 5.02 Å². The summed E-state index contributed by atoms with van der Waals surface area (Å²) in [5.74, 6) is 1.92. The third kappa shape index (κ3) is 5.57. The van der Waals surface area contributed by atoms with Crippen molar-refractivity contribution in [3.05, 3.63) is 40.7 Å². The van der Waals surface area contributed by atoms with E-state index in [1.807, 2.05) is 0 Å². The maximum absolute atomic E-state index is 13.1. The third-order valence-electron chi connectivity index (χ3n) is 7.76. The van der Waals surface area contributed by atoms with Gasteiger partial charge in [-0.05, 0) is 87.7 Å². The van der Waals surface area contributed by atoms with Gasteiger partial charge >= 0.3 is 0 Å². The standard InChI is InChI=1S/C27H34ClN7O3S/c1-16-12-22(24(38-18-6-7-18)13-20(16)17-8-10-29-11-9-17)32-27-30-14-21(28)25(33-27)31-23-15-35(2)34-26(23)39(36,37)19-4-3-5-19/h12-15,17-19,29H,3-11H2,1-2H3,(H2,30,31,32,33). The zero-order chi connectivity index (χ0) is 27.1. The molecule has 0 bridgehead atoms. The highest BCUT2D eigenvalue weighted by Crippen LogP contribution is 2.40. The molecular formula is C27H34ClN7O3S. The number of nitrogens with zero attached hydrogens (tertiary/aromatic N) is 4. The zero-order valence-electron chi connectivity index (χ0n) is 22.2. The van der Waals surface area contributed by atoms with Crippen molar-refractivity contribution in [3.63, 3.8) is 0 Å². The molecule has 3 aliphatic rings. The highest BCUT2D eigenvalue weighted by Gasteiger charge is 2.36. The number of anilines is 4. The van der Waals surface area contributed by atoms with Crippen molar-refractivity contribution in [3.8, 4) is 5.75 Å². The molecular weight excluding hydrogens is 538 g/mol. The molecule has 3 N–H and O–H groups in total. The van der Waals surface area contributed by atoms with E-state index >= 15 is 0 Å². The van der Waals surface area contributed by atoms with Gasteiger partial charge in [0.15, 0.2) is 5.82 Å². The summed E-state index contributed by atoms with van der Waals surface area (Å²) in [5, 5.41) is 14.0. The van der Waals surface area contributed by atoms with E-state index in [2.05, 4.69) is 50.1 Å². The fraction of sp³-hybridized carbons (Fsp3) is 0.519. The van der Waals surface area contributed by atoms with Crippen LogP contribution >= 0.6 is 11.6 Å². The number of halogens is 1. The number of ether oxygens (including phenoxy) is 1. The Kier molecular flexibility index (Phi) is 7.15. The summed E-state index contributed by atoms with van der Waals surface area (Å²) in [4.78, 5) is 8.97. The van der Waals surface area contributed by atoms with Gasteiger partial charge in [-0.25, -0.2) is 13.4 Å². The van der Waals surface area contributed by atoms with Crippen LogP contribution in [0.3, 0.4) is 0 Å². The molecule has 10 nitrogen and oxygen atoms in total. The molecule has 0 atom stereocenters. The lowest BCUT2D eigenvalue weighted by Crippen LogP contribution is -2.29. The molecule has 1 aromatic carbocycles. The second-order valence-electron chi connectivity index (χ2n) is 10.8. The van der Waals surface area contributed by atoms with Gasteiger partial charge in [0.2, 0.25) is 20.8 Å². The first kappa shape index (κ1) is 26.3. The summed E-state index contributed by atoms with van der Waals surface area (Å²) in [6, 6.07) is 4.28. The van der Waals surface area contributed by atoms with Crippen molar-refractivity contribution in [2.24, 2.45) is 7.05 Å². The minimum absolute atomic E-state index is 0.0168. The lowest BCUT2D eigenvalue weighted by molar-refractivity contribution is 0.304. The third-order valence-corrected chi connectivity index (χ3v) is 10.2. The molecule has 2 saturated carbocycles. The van der Waals surface area contributed by atoms with Crippen LogP contribution in [-0.2, 0) is 16.9 Å². The Morgan fingerprint density at radius 1 is 1.08 bits per heavy atom. The molecule has 2 aromatic heterocycles. The number of nitrogens with one attached hydrogen (secondary N) is 3. The fourth-order valence-corrected chi connectivity index (χ4v) is 7.26. The van der Waals surface area contributed by atoms with Gasteiger partial charge < -0.3 is 20.7 Å². The zero-order valence-corrected chi connectivity index (χ0v) is 23.8. The summed E-state index contributed by atoms with van der Waals surface area (Å²) >= 11 is 6.44. The summed E-state index contributed by atoms with van der Waals surface area (Å²) < 4.78 is 34.0. The molecule has 1 aliphatic heterocycles. The van der Waals surface area contributed by atoms with Crippen LogP contribution < -0.4 is 20.7 Å². The molecule has 208 valence electrons. The van der Waals surface area contributed by atoms with E-state index in [4.69, 9.17) is 16.3 Å². The van der Waals surface area contributed by atoms with Crippen molar-refractivity contribution in [2.45, 2.75) is 74.2 Å². The Morgan fingerprint density at radius 2 is 1.85 bits per heavy atom. The molecule has 39 heavy (non-hydrogen) atoms. The fourth-order valence-electron chi connectivity index (χ4n) is 5.20. The van der Waals surface area contributed by atoms with E-state index in [0.29, 0.717) is 36.2 Å². The second kappa shape index (κ2) is 10.6. The number of benzene rings is 1. The van der Waals surface area contributed by atoms with Crippen molar-refractivity contribution in [1.29, 1.82) is 0 Å². The molecule has 3 aromatic rings. The summed E-state index contributed by atoms with van der Waals surface area (Å²) in [6.45, 7) is 4.18. The average Bonchev–Trinajstić information content (AvgIpc) is 3.61. The highest BCUT2D eigenvalue weighted by molar-refractivity contribution is 7.92. The molecule has 1 saturated heterocycles. The molecule has 0 amide bonds. The maximum atomic E-state index is 13.1. The Hall–Kier alpha value is -2.89. The van der Waals surface area contributed by atoms with Crippen LogP contribution in [0.5, 0.6) is 5.75 Å². The smallest absolute Gasteiger partial charge is 0.229 e. The van der Waals surface area contributed by atoms with Gasteiger partial charge in [0.1, 0.15) is 10.8 Å². The minimum Gasteiger partial charge on any atom is -0.488 e. The first-order valence-electron chi connectivity index (χ1n) is 13.6. The summed E-state index contributed by atoms with van der Waals surface area (Å²) in [5.41, 5.74) is 3.66. The van der Waals surface area contributed by atoms with Gasteiger partial charge in [-0.15, -0.1) is 0 Å². The van der Waals surface area contributed by atoms with E-state index < -0.39 is 15.1 Å². The van der Waals surface area contributed by atoms with Crippen molar-refractivity contribution < 1.29 is 13.2 Å². The number of aromatic nitrogens is 4. The van der Waals surface area contributed by atoms with Crippen LogP contribution in [0.15, 0.2) is 29.6 Å². The quantitative estimate of drug-likeness (QED) is 0.326. The van der Waals surface area contributed by atoms with Gasteiger partial charge in [0.05, 0.1) is 28.9 Å². The van der Waals surface area contributed by atoms with E-state index in [0.717, 1.165) is 56.6 Å². The highest BCUT2D eigenvalue weighted by atomic mass is 35.5. The lowest BCUT2D eigenvalue weighted by atomic mass is 9.87. The average molecular weight is 572 g/mol. The largest absolute Gasteiger partial charge is 0.488 e. The van der Waals surface area contributed by atoms with E-state index in [-0.39, 0.29) is 16.2 Å². The molecule has 6 rings (SSSR count). The molecule has 3 heterocycles. The van der Waals surface area contributed by atoms with Crippen LogP contribution in [-0.4, -0.2) is 52.6 Å². The van der Waals surface area contributed by atoms with Crippen LogP contribution in [0.1, 0.15) is 62.0 Å². The number of hydrogen-bond donors (Lipinski definition) is 3. The Labute approximate surface area is 233 Å². The number of aryl methyl sites for hydroxylation is 2. The van der Waals surface area contributed by atoms with E-state index in [1.165, 1.54) is 22.0 Å². The van der Waals surface area contributed by atoms with Crippen molar-refractivity contribution in [1.82, 2.24) is 25.1 Å². The first-order valence-corrected chi connectivity index (χ1v) is 15.6. The molecule has 2 aliphatic carbocycles. The lowest BCUT2D eigenvalue weighted by Gasteiger charge is -2.26. The Balaban J connectivity index is 1.28.